The minimum Gasteiger partial charge on any atom is -0.476 e. The topological polar surface area (TPSA) is 144 Å². The lowest BCUT2D eigenvalue weighted by atomic mass is 9.87. The van der Waals surface area contributed by atoms with Gasteiger partial charge in [0.15, 0.2) is 5.69 Å². The Bertz CT molecular complexity index is 1370. The number of para-hydroxylation sites is 1. The Labute approximate surface area is 234 Å². The Kier molecular flexibility index (Phi) is 8.98. The van der Waals surface area contributed by atoms with E-state index in [0.29, 0.717) is 12.3 Å². The van der Waals surface area contributed by atoms with Crippen LogP contribution in [0.2, 0.25) is 0 Å². The molecular weight excluding hydrogens is 510 g/mol. The number of amides is 3. The van der Waals surface area contributed by atoms with Crippen LogP contribution < -0.4 is 11.1 Å². The molecule has 1 fully saturated rings. The zero-order valence-electron chi connectivity index (χ0n) is 24.0. The van der Waals surface area contributed by atoms with Gasteiger partial charge in [-0.2, -0.15) is 0 Å². The SMILES string of the molecule is Cc1oc([C@@H](Cc2cn(C)c3ccccc23)N(C(=O)NC2CCC(C)CC2)C(=O)C(N)CC(C)C)nc1C(=O)O. The Morgan fingerprint density at radius 2 is 1.88 bits per heavy atom. The highest BCUT2D eigenvalue weighted by Crippen LogP contribution is 2.32. The lowest BCUT2D eigenvalue weighted by Gasteiger charge is -2.34. The highest BCUT2D eigenvalue weighted by Gasteiger charge is 2.39. The zero-order chi connectivity index (χ0) is 29.1. The third-order valence-electron chi connectivity index (χ3n) is 7.85. The van der Waals surface area contributed by atoms with Gasteiger partial charge in [0, 0.05) is 36.6 Å². The largest absolute Gasteiger partial charge is 0.476 e. The zero-order valence-corrected chi connectivity index (χ0v) is 24.0. The van der Waals surface area contributed by atoms with Gasteiger partial charge in [0.05, 0.1) is 6.04 Å². The summed E-state index contributed by atoms with van der Waals surface area (Å²) in [6.45, 7) is 7.63. The molecule has 4 N–H and O–H groups in total. The number of carbonyl (C=O) groups is 3. The molecule has 2 atom stereocenters. The van der Waals surface area contributed by atoms with Crippen molar-refractivity contribution in [2.24, 2.45) is 24.6 Å². The summed E-state index contributed by atoms with van der Waals surface area (Å²) >= 11 is 0. The highest BCUT2D eigenvalue weighted by atomic mass is 16.4. The molecule has 1 aliphatic carbocycles. The number of carboxylic acids is 1. The predicted molar refractivity (Wildman–Crippen MR) is 152 cm³/mol. The van der Waals surface area contributed by atoms with Crippen molar-refractivity contribution in [1.82, 2.24) is 19.8 Å². The molecule has 0 aliphatic heterocycles. The molecule has 2 heterocycles. The number of nitrogens with zero attached hydrogens (tertiary/aromatic N) is 3. The van der Waals surface area contributed by atoms with Crippen LogP contribution in [0.25, 0.3) is 10.9 Å². The first-order valence-electron chi connectivity index (χ1n) is 14.1. The van der Waals surface area contributed by atoms with Crippen LogP contribution in [0.1, 0.15) is 86.6 Å². The Morgan fingerprint density at radius 1 is 1.20 bits per heavy atom. The fourth-order valence-corrected chi connectivity index (χ4v) is 5.67. The van der Waals surface area contributed by atoms with Crippen LogP contribution in [0.15, 0.2) is 34.9 Å². The van der Waals surface area contributed by atoms with E-state index in [2.05, 4.69) is 17.2 Å². The molecule has 1 aliphatic rings. The number of rotatable bonds is 9. The number of fused-ring (bicyclic) bond motifs is 1. The van der Waals surface area contributed by atoms with Gasteiger partial charge in [-0.1, -0.05) is 39.0 Å². The van der Waals surface area contributed by atoms with Crippen molar-refractivity contribution in [2.45, 2.75) is 84.3 Å². The van der Waals surface area contributed by atoms with E-state index in [-0.39, 0.29) is 35.7 Å². The molecular formula is C30H41N5O5. The molecule has 2 aromatic heterocycles. The Hall–Kier alpha value is -3.66. The first kappa shape index (κ1) is 29.3. The van der Waals surface area contributed by atoms with Crippen molar-refractivity contribution in [3.8, 4) is 0 Å². The molecule has 0 saturated heterocycles. The van der Waals surface area contributed by atoms with Crippen LogP contribution in [-0.4, -0.2) is 49.5 Å². The summed E-state index contributed by atoms with van der Waals surface area (Å²) < 4.78 is 7.84. The maximum Gasteiger partial charge on any atom is 0.358 e. The average Bonchev–Trinajstić information content (AvgIpc) is 3.44. The number of aromatic nitrogens is 2. The minimum absolute atomic E-state index is 0.0136. The molecule has 1 unspecified atom stereocenters. The van der Waals surface area contributed by atoms with Gasteiger partial charge < -0.3 is 25.1 Å². The Morgan fingerprint density at radius 3 is 2.50 bits per heavy atom. The van der Waals surface area contributed by atoms with Crippen molar-refractivity contribution in [3.63, 3.8) is 0 Å². The van der Waals surface area contributed by atoms with Crippen LogP contribution in [-0.2, 0) is 18.3 Å². The number of urea groups is 1. The molecule has 0 radical (unpaired) electrons. The van der Waals surface area contributed by atoms with Crippen molar-refractivity contribution in [3.05, 3.63) is 53.4 Å². The number of carboxylic acid groups (broad SMARTS) is 1. The standard InChI is InChI=1S/C30H41N5O5/c1-17(2)14-23(31)28(36)35(30(39)32-21-12-10-18(3)11-13-21)25(27-33-26(29(37)38)19(4)40-27)15-20-16-34(5)24-9-7-6-8-22(20)24/h6-9,16-18,21,23,25H,10-15,31H2,1-5H3,(H,32,39)(H,37,38)/t18?,21?,23?,25-/m1/s1. The number of nitrogens with one attached hydrogen (secondary N) is 1. The van der Waals surface area contributed by atoms with E-state index in [9.17, 15) is 19.5 Å². The van der Waals surface area contributed by atoms with Crippen LogP contribution in [0.3, 0.4) is 0 Å². The second-order valence-corrected chi connectivity index (χ2v) is 11.6. The second kappa shape index (κ2) is 12.2. The van der Waals surface area contributed by atoms with Gasteiger partial charge in [0.1, 0.15) is 11.8 Å². The van der Waals surface area contributed by atoms with Crippen molar-refractivity contribution in [1.29, 1.82) is 0 Å². The number of aryl methyl sites for hydroxylation is 2. The summed E-state index contributed by atoms with van der Waals surface area (Å²) in [7, 11) is 1.93. The lowest BCUT2D eigenvalue weighted by Crippen LogP contribution is -2.54. The van der Waals surface area contributed by atoms with E-state index in [1.807, 2.05) is 55.9 Å². The Balaban J connectivity index is 1.80. The number of aromatic carboxylic acids is 1. The second-order valence-electron chi connectivity index (χ2n) is 11.6. The summed E-state index contributed by atoms with van der Waals surface area (Å²) in [5, 5.41) is 13.7. The maximum absolute atomic E-state index is 14.0. The summed E-state index contributed by atoms with van der Waals surface area (Å²) in [4.78, 5) is 45.2. The summed E-state index contributed by atoms with van der Waals surface area (Å²) in [5.41, 5.74) is 7.98. The molecule has 3 aromatic rings. The number of imide groups is 1. The predicted octanol–water partition coefficient (Wildman–Crippen LogP) is 4.95. The first-order chi connectivity index (χ1) is 19.0. The molecule has 216 valence electrons. The monoisotopic (exact) mass is 551 g/mol. The molecule has 1 aromatic carbocycles. The molecule has 0 spiro atoms. The number of hydrogen-bond donors (Lipinski definition) is 3. The van der Waals surface area contributed by atoms with Gasteiger partial charge in [-0.15, -0.1) is 0 Å². The van der Waals surface area contributed by atoms with Gasteiger partial charge in [0.2, 0.25) is 11.8 Å². The van der Waals surface area contributed by atoms with E-state index >= 15 is 0 Å². The summed E-state index contributed by atoms with van der Waals surface area (Å²) in [6.07, 6.45) is 6.14. The number of nitrogens with two attached hydrogens (primary N) is 1. The van der Waals surface area contributed by atoms with Crippen LogP contribution >= 0.6 is 0 Å². The number of benzene rings is 1. The van der Waals surface area contributed by atoms with Gasteiger partial charge >= 0.3 is 12.0 Å². The average molecular weight is 552 g/mol. The molecule has 10 nitrogen and oxygen atoms in total. The lowest BCUT2D eigenvalue weighted by molar-refractivity contribution is -0.132. The smallest absolute Gasteiger partial charge is 0.358 e. The van der Waals surface area contributed by atoms with E-state index in [0.717, 1.165) is 47.0 Å². The van der Waals surface area contributed by atoms with Crippen molar-refractivity contribution in [2.75, 3.05) is 0 Å². The fraction of sp³-hybridized carbons (Fsp3) is 0.533. The maximum atomic E-state index is 14.0. The summed E-state index contributed by atoms with van der Waals surface area (Å²) in [6, 6.07) is 5.26. The van der Waals surface area contributed by atoms with Crippen molar-refractivity contribution >= 4 is 28.8 Å². The van der Waals surface area contributed by atoms with Gasteiger partial charge in [-0.05, 0) is 62.5 Å². The normalized spacial score (nSPS) is 19.0. The van der Waals surface area contributed by atoms with Gasteiger partial charge in [-0.3, -0.25) is 9.69 Å². The minimum atomic E-state index is -1.24. The quantitative estimate of drug-likeness (QED) is 0.341. The van der Waals surface area contributed by atoms with Gasteiger partial charge in [0.25, 0.3) is 0 Å². The van der Waals surface area contributed by atoms with Gasteiger partial charge in [-0.25, -0.2) is 14.6 Å². The molecule has 3 amide bonds. The fourth-order valence-electron chi connectivity index (χ4n) is 5.67. The molecule has 10 heteroatoms. The third-order valence-corrected chi connectivity index (χ3v) is 7.85. The molecule has 4 rings (SSSR count). The van der Waals surface area contributed by atoms with E-state index in [1.54, 1.807) is 0 Å². The molecule has 1 saturated carbocycles. The van der Waals surface area contributed by atoms with Crippen LogP contribution in [0.4, 0.5) is 4.79 Å². The summed E-state index contributed by atoms with van der Waals surface area (Å²) in [5.74, 6) is -0.983. The number of carbonyl (C=O) groups excluding carboxylic acids is 2. The van der Waals surface area contributed by atoms with Crippen LogP contribution in [0.5, 0.6) is 0 Å². The molecule has 40 heavy (non-hydrogen) atoms. The van der Waals surface area contributed by atoms with E-state index < -0.39 is 30.0 Å². The van der Waals surface area contributed by atoms with Crippen molar-refractivity contribution < 1.29 is 23.9 Å². The van der Waals surface area contributed by atoms with Crippen LogP contribution in [0, 0.1) is 18.8 Å². The third kappa shape index (κ3) is 6.38. The molecule has 0 bridgehead atoms. The number of hydrogen-bond acceptors (Lipinski definition) is 6. The van der Waals surface area contributed by atoms with E-state index in [4.69, 9.17) is 10.2 Å². The number of oxazole rings is 1. The highest BCUT2D eigenvalue weighted by molar-refractivity contribution is 5.98. The van der Waals surface area contributed by atoms with E-state index in [1.165, 1.54) is 6.92 Å². The first-order valence-corrected chi connectivity index (χ1v) is 14.1.